The Morgan fingerprint density at radius 3 is 2.47 bits per heavy atom. The molecule has 0 spiro atoms. The largest absolute Gasteiger partial charge is 0.465 e. The van der Waals surface area contributed by atoms with Gasteiger partial charge in [-0.05, 0) is 55.5 Å². The monoisotopic (exact) mass is 405 g/mol. The van der Waals surface area contributed by atoms with Crippen molar-refractivity contribution in [1.82, 2.24) is 9.97 Å². The maximum absolute atomic E-state index is 12.6. The molecule has 3 rings (SSSR count). The summed E-state index contributed by atoms with van der Waals surface area (Å²) < 4.78 is 0. The number of anilines is 3. The van der Waals surface area contributed by atoms with E-state index in [1.165, 1.54) is 4.90 Å². The van der Waals surface area contributed by atoms with Crippen molar-refractivity contribution in [2.24, 2.45) is 0 Å². The third-order valence-electron chi connectivity index (χ3n) is 4.50. The van der Waals surface area contributed by atoms with Crippen LogP contribution in [0, 0.1) is 6.92 Å². The number of rotatable bonds is 7. The van der Waals surface area contributed by atoms with Crippen LogP contribution in [0.5, 0.6) is 0 Å². The Balaban J connectivity index is 1.70. The van der Waals surface area contributed by atoms with E-state index in [4.69, 9.17) is 0 Å². The lowest BCUT2D eigenvalue weighted by Crippen LogP contribution is -2.31. The number of carboxylic acid groups (broad SMARTS) is 1. The summed E-state index contributed by atoms with van der Waals surface area (Å²) in [7, 11) is 1.71. The number of nitrogens with one attached hydrogen (secondary N) is 2. The highest BCUT2D eigenvalue weighted by molar-refractivity contribution is 6.07. The predicted octanol–water partition coefficient (Wildman–Crippen LogP) is 3.81. The van der Waals surface area contributed by atoms with E-state index in [1.54, 1.807) is 49.6 Å². The summed E-state index contributed by atoms with van der Waals surface area (Å²) in [5.74, 6) is 0.195. The SMILES string of the molecule is CNc1nc(C)ccc1C(=O)Nc1ccc(N(CCc2ccccn2)C(=O)O)cc1. The first kappa shape index (κ1) is 20.8. The molecular weight excluding hydrogens is 382 g/mol. The molecule has 2 amide bonds. The summed E-state index contributed by atoms with van der Waals surface area (Å²) >= 11 is 0. The van der Waals surface area contributed by atoms with Crippen LogP contribution < -0.4 is 15.5 Å². The smallest absolute Gasteiger partial charge is 0.411 e. The van der Waals surface area contributed by atoms with Gasteiger partial charge in [0.2, 0.25) is 0 Å². The molecule has 0 radical (unpaired) electrons. The molecule has 154 valence electrons. The van der Waals surface area contributed by atoms with Gasteiger partial charge in [-0.1, -0.05) is 6.07 Å². The summed E-state index contributed by atoms with van der Waals surface area (Å²) in [4.78, 5) is 34.1. The average Bonchev–Trinajstić information content (AvgIpc) is 2.75. The number of pyridine rings is 2. The predicted molar refractivity (Wildman–Crippen MR) is 116 cm³/mol. The van der Waals surface area contributed by atoms with Gasteiger partial charge in [0, 0.05) is 49.0 Å². The van der Waals surface area contributed by atoms with Crippen LogP contribution in [-0.2, 0) is 6.42 Å². The lowest BCUT2D eigenvalue weighted by molar-refractivity contribution is 0.102. The van der Waals surface area contributed by atoms with Gasteiger partial charge in [-0.15, -0.1) is 0 Å². The van der Waals surface area contributed by atoms with Gasteiger partial charge in [0.05, 0.1) is 5.56 Å². The number of carbonyl (C=O) groups excluding carboxylic acids is 1. The molecule has 3 aromatic rings. The van der Waals surface area contributed by atoms with E-state index >= 15 is 0 Å². The van der Waals surface area contributed by atoms with Crippen molar-refractivity contribution in [3.05, 3.63) is 77.7 Å². The molecule has 0 bridgehead atoms. The highest BCUT2D eigenvalue weighted by Crippen LogP contribution is 2.20. The molecule has 8 heteroatoms. The van der Waals surface area contributed by atoms with Crippen LogP contribution in [0.15, 0.2) is 60.8 Å². The number of carbonyl (C=O) groups is 2. The Bertz CT molecular complexity index is 1020. The van der Waals surface area contributed by atoms with E-state index in [9.17, 15) is 14.7 Å². The third kappa shape index (κ3) is 5.11. The zero-order chi connectivity index (χ0) is 21.5. The quantitative estimate of drug-likeness (QED) is 0.552. The minimum Gasteiger partial charge on any atom is -0.465 e. The molecule has 2 aromatic heterocycles. The third-order valence-corrected chi connectivity index (χ3v) is 4.50. The standard InChI is InChI=1S/C22H23N5O3/c1-15-6-11-19(20(23-2)25-15)21(28)26-17-7-9-18(10-8-17)27(22(29)30)14-12-16-5-3-4-13-24-16/h3-11,13H,12,14H2,1-2H3,(H,23,25)(H,26,28)(H,29,30). The van der Waals surface area contributed by atoms with Crippen LogP contribution in [0.3, 0.4) is 0 Å². The number of aryl methyl sites for hydroxylation is 1. The Hall–Kier alpha value is -3.94. The van der Waals surface area contributed by atoms with Gasteiger partial charge in [0.25, 0.3) is 5.91 Å². The Morgan fingerprint density at radius 2 is 1.83 bits per heavy atom. The van der Waals surface area contributed by atoms with Gasteiger partial charge < -0.3 is 15.7 Å². The van der Waals surface area contributed by atoms with Crippen molar-refractivity contribution >= 4 is 29.2 Å². The lowest BCUT2D eigenvalue weighted by atomic mass is 10.2. The molecule has 3 N–H and O–H groups in total. The van der Waals surface area contributed by atoms with Gasteiger partial charge in [0.15, 0.2) is 0 Å². The number of hydrogen-bond donors (Lipinski definition) is 3. The number of aromatic nitrogens is 2. The maximum atomic E-state index is 12.6. The number of benzene rings is 1. The minimum absolute atomic E-state index is 0.276. The van der Waals surface area contributed by atoms with Gasteiger partial charge in [0.1, 0.15) is 5.82 Å². The highest BCUT2D eigenvalue weighted by Gasteiger charge is 2.16. The zero-order valence-corrected chi connectivity index (χ0v) is 16.8. The molecule has 8 nitrogen and oxygen atoms in total. The molecule has 0 unspecified atom stereocenters. The molecular formula is C22H23N5O3. The average molecular weight is 405 g/mol. The molecule has 2 heterocycles. The molecule has 0 aliphatic rings. The Morgan fingerprint density at radius 1 is 1.07 bits per heavy atom. The van der Waals surface area contributed by atoms with E-state index in [-0.39, 0.29) is 12.5 Å². The first-order chi connectivity index (χ1) is 14.5. The summed E-state index contributed by atoms with van der Waals surface area (Å²) in [6, 6.07) is 15.7. The number of nitrogens with zero attached hydrogens (tertiary/aromatic N) is 3. The van der Waals surface area contributed by atoms with Crippen LogP contribution >= 0.6 is 0 Å². The second-order valence-electron chi connectivity index (χ2n) is 6.61. The van der Waals surface area contributed by atoms with Gasteiger partial charge >= 0.3 is 6.09 Å². The second-order valence-corrected chi connectivity index (χ2v) is 6.61. The van der Waals surface area contributed by atoms with Crippen LogP contribution in [0.1, 0.15) is 21.7 Å². The maximum Gasteiger partial charge on any atom is 0.411 e. The van der Waals surface area contributed by atoms with Crippen molar-refractivity contribution in [3.8, 4) is 0 Å². The first-order valence-corrected chi connectivity index (χ1v) is 9.45. The summed E-state index contributed by atoms with van der Waals surface area (Å²) in [6.45, 7) is 2.13. The number of hydrogen-bond acceptors (Lipinski definition) is 5. The second kappa shape index (κ2) is 9.51. The molecule has 30 heavy (non-hydrogen) atoms. The van der Waals surface area contributed by atoms with Crippen LogP contribution in [0.25, 0.3) is 0 Å². The van der Waals surface area contributed by atoms with Crippen molar-refractivity contribution < 1.29 is 14.7 Å². The molecule has 1 aromatic carbocycles. The lowest BCUT2D eigenvalue weighted by Gasteiger charge is -2.19. The molecule has 0 atom stereocenters. The van der Waals surface area contributed by atoms with E-state index in [0.717, 1.165) is 11.4 Å². The molecule has 0 saturated carbocycles. The van der Waals surface area contributed by atoms with Gasteiger partial charge in [-0.25, -0.2) is 9.78 Å². The Kier molecular flexibility index (Phi) is 6.59. The summed E-state index contributed by atoms with van der Waals surface area (Å²) in [6.07, 6.45) is 1.13. The van der Waals surface area contributed by atoms with Crippen molar-refractivity contribution in [1.29, 1.82) is 0 Å². The zero-order valence-electron chi connectivity index (χ0n) is 16.8. The van der Waals surface area contributed by atoms with Gasteiger partial charge in [-0.2, -0.15) is 0 Å². The molecule has 0 aliphatic carbocycles. The normalized spacial score (nSPS) is 10.3. The number of amides is 2. The van der Waals surface area contributed by atoms with E-state index in [0.29, 0.717) is 29.2 Å². The van der Waals surface area contributed by atoms with Crippen LogP contribution in [0.2, 0.25) is 0 Å². The molecule has 0 aliphatic heterocycles. The van der Waals surface area contributed by atoms with Crippen LogP contribution in [-0.4, -0.2) is 40.7 Å². The van der Waals surface area contributed by atoms with E-state index in [1.807, 2.05) is 25.1 Å². The fourth-order valence-electron chi connectivity index (χ4n) is 2.96. The summed E-state index contributed by atoms with van der Waals surface area (Å²) in [5.41, 5.74) is 3.12. The topological polar surface area (TPSA) is 107 Å². The summed E-state index contributed by atoms with van der Waals surface area (Å²) in [5, 5.41) is 15.3. The molecule has 0 fully saturated rings. The first-order valence-electron chi connectivity index (χ1n) is 9.45. The van der Waals surface area contributed by atoms with Crippen LogP contribution in [0.4, 0.5) is 22.0 Å². The van der Waals surface area contributed by atoms with Crippen molar-refractivity contribution in [2.75, 3.05) is 29.1 Å². The highest BCUT2D eigenvalue weighted by atomic mass is 16.4. The fourth-order valence-corrected chi connectivity index (χ4v) is 2.96. The van der Waals surface area contributed by atoms with Crippen molar-refractivity contribution in [3.63, 3.8) is 0 Å². The van der Waals surface area contributed by atoms with E-state index < -0.39 is 6.09 Å². The minimum atomic E-state index is -1.05. The molecule has 0 saturated heterocycles. The Labute approximate surface area is 174 Å². The van der Waals surface area contributed by atoms with E-state index in [2.05, 4.69) is 20.6 Å². The fraction of sp³-hybridized carbons (Fsp3) is 0.182. The van der Waals surface area contributed by atoms with Crippen molar-refractivity contribution in [2.45, 2.75) is 13.3 Å². The van der Waals surface area contributed by atoms with Gasteiger partial charge in [-0.3, -0.25) is 14.7 Å².